The molecule has 0 bridgehead atoms. The summed E-state index contributed by atoms with van der Waals surface area (Å²) in [5.74, 6) is -0.878. The first-order chi connectivity index (χ1) is 10.0. The topological polar surface area (TPSA) is 95.9 Å². The van der Waals surface area contributed by atoms with E-state index in [1.165, 1.54) is 0 Å². The Morgan fingerprint density at radius 3 is 2.57 bits per heavy atom. The van der Waals surface area contributed by atoms with E-state index < -0.39 is 30.4 Å². The van der Waals surface area contributed by atoms with E-state index in [9.17, 15) is 14.4 Å². The van der Waals surface area contributed by atoms with Crippen LogP contribution < -0.4 is 10.1 Å². The van der Waals surface area contributed by atoms with Crippen LogP contribution in [0.4, 0.5) is 4.79 Å². The summed E-state index contributed by atoms with van der Waals surface area (Å²) >= 11 is 0. The van der Waals surface area contributed by atoms with E-state index in [1.807, 2.05) is 12.1 Å². The minimum Gasteiger partial charge on any atom is -0.497 e. The van der Waals surface area contributed by atoms with Gasteiger partial charge in [0.05, 0.1) is 13.5 Å². The highest BCUT2D eigenvalue weighted by atomic mass is 16.5. The van der Waals surface area contributed by atoms with Crippen molar-refractivity contribution in [2.75, 3.05) is 13.7 Å². The molecule has 1 atom stereocenters. The van der Waals surface area contributed by atoms with Gasteiger partial charge >= 0.3 is 12.0 Å². The molecule has 2 N–H and O–H groups in total. The van der Waals surface area contributed by atoms with E-state index in [1.54, 1.807) is 19.2 Å². The predicted molar refractivity (Wildman–Crippen MR) is 73.0 cm³/mol. The molecule has 1 aliphatic heterocycles. The molecule has 1 heterocycles. The summed E-state index contributed by atoms with van der Waals surface area (Å²) in [6, 6.07) is 5.80. The third-order valence-corrected chi connectivity index (χ3v) is 3.27. The number of carboxylic acid groups (broad SMARTS) is 1. The monoisotopic (exact) mass is 292 g/mol. The van der Waals surface area contributed by atoms with Crippen LogP contribution >= 0.6 is 0 Å². The van der Waals surface area contributed by atoms with Crippen molar-refractivity contribution < 1.29 is 24.2 Å². The molecule has 3 amide bonds. The number of rotatable bonds is 6. The van der Waals surface area contributed by atoms with Gasteiger partial charge in [0.2, 0.25) is 0 Å². The average molecular weight is 292 g/mol. The van der Waals surface area contributed by atoms with Gasteiger partial charge in [-0.25, -0.2) is 4.79 Å². The number of benzene rings is 1. The van der Waals surface area contributed by atoms with Crippen LogP contribution in [0.1, 0.15) is 12.0 Å². The molecule has 21 heavy (non-hydrogen) atoms. The Morgan fingerprint density at radius 2 is 2.00 bits per heavy atom. The number of carbonyl (C=O) groups is 3. The lowest BCUT2D eigenvalue weighted by Crippen LogP contribution is -2.34. The van der Waals surface area contributed by atoms with Crippen molar-refractivity contribution in [3.63, 3.8) is 0 Å². The lowest BCUT2D eigenvalue weighted by Gasteiger charge is -2.12. The molecule has 0 spiro atoms. The van der Waals surface area contributed by atoms with Gasteiger partial charge in [-0.2, -0.15) is 0 Å². The number of amides is 3. The molecule has 0 aliphatic carbocycles. The average Bonchev–Trinajstić information content (AvgIpc) is 2.71. The molecule has 7 nitrogen and oxygen atoms in total. The minimum atomic E-state index is -1.12. The molecule has 1 aromatic rings. The molecule has 0 saturated carbocycles. The number of hydrogen-bond acceptors (Lipinski definition) is 4. The third kappa shape index (κ3) is 3.50. The molecule has 0 unspecified atom stereocenters. The molecular weight excluding hydrogens is 276 g/mol. The fourth-order valence-corrected chi connectivity index (χ4v) is 2.13. The van der Waals surface area contributed by atoms with Gasteiger partial charge in [0.25, 0.3) is 5.91 Å². The summed E-state index contributed by atoms with van der Waals surface area (Å²) in [6.07, 6.45) is 0.104. The number of nitrogens with one attached hydrogen (secondary N) is 1. The Bertz CT molecular complexity index is 555. The fraction of sp³-hybridized carbons (Fsp3) is 0.357. The van der Waals surface area contributed by atoms with E-state index in [0.29, 0.717) is 6.42 Å². The standard InChI is InChI=1S/C14H16N2O5/c1-21-10-4-2-9(3-5-10)6-7-16-13(19)11(8-12(17)18)15-14(16)20/h2-5,11H,6-8H2,1H3,(H,15,20)(H,17,18)/t11-/m1/s1. The van der Waals surface area contributed by atoms with Gasteiger partial charge in [0, 0.05) is 6.54 Å². The quantitative estimate of drug-likeness (QED) is 0.750. The summed E-state index contributed by atoms with van der Waals surface area (Å²) in [5, 5.41) is 11.1. The van der Waals surface area contributed by atoms with Crippen LogP contribution in [-0.2, 0) is 16.0 Å². The van der Waals surface area contributed by atoms with E-state index >= 15 is 0 Å². The van der Waals surface area contributed by atoms with Crippen molar-refractivity contribution >= 4 is 17.9 Å². The second-order valence-electron chi connectivity index (χ2n) is 4.69. The number of hydrogen-bond donors (Lipinski definition) is 2. The first-order valence-electron chi connectivity index (χ1n) is 6.48. The first kappa shape index (κ1) is 14.8. The van der Waals surface area contributed by atoms with Crippen LogP contribution in [0.15, 0.2) is 24.3 Å². The van der Waals surface area contributed by atoms with Gasteiger partial charge in [0.1, 0.15) is 11.8 Å². The molecule has 1 fully saturated rings. The number of carboxylic acids is 1. The zero-order valence-corrected chi connectivity index (χ0v) is 11.5. The second kappa shape index (κ2) is 6.25. The highest BCUT2D eigenvalue weighted by molar-refractivity contribution is 6.05. The largest absolute Gasteiger partial charge is 0.497 e. The normalized spacial score (nSPS) is 17.8. The maximum atomic E-state index is 11.9. The van der Waals surface area contributed by atoms with Crippen LogP contribution in [-0.4, -0.2) is 47.6 Å². The van der Waals surface area contributed by atoms with Crippen molar-refractivity contribution in [2.24, 2.45) is 0 Å². The second-order valence-corrected chi connectivity index (χ2v) is 4.69. The maximum Gasteiger partial charge on any atom is 0.324 e. The number of imide groups is 1. The van der Waals surface area contributed by atoms with Crippen molar-refractivity contribution in [3.05, 3.63) is 29.8 Å². The SMILES string of the molecule is COc1ccc(CCN2C(=O)N[C@H](CC(=O)O)C2=O)cc1. The number of ether oxygens (including phenoxy) is 1. The Balaban J connectivity index is 1.94. The van der Waals surface area contributed by atoms with E-state index in [2.05, 4.69) is 5.32 Å². The highest BCUT2D eigenvalue weighted by Crippen LogP contribution is 2.14. The summed E-state index contributed by atoms with van der Waals surface area (Å²) in [4.78, 5) is 35.3. The van der Waals surface area contributed by atoms with Crippen molar-refractivity contribution in [3.8, 4) is 5.75 Å². The number of nitrogens with zero attached hydrogens (tertiary/aromatic N) is 1. The Labute approximate surface area is 121 Å². The third-order valence-electron chi connectivity index (χ3n) is 3.27. The van der Waals surface area contributed by atoms with Gasteiger partial charge < -0.3 is 15.2 Å². The zero-order valence-electron chi connectivity index (χ0n) is 11.5. The van der Waals surface area contributed by atoms with E-state index in [4.69, 9.17) is 9.84 Å². The van der Waals surface area contributed by atoms with Crippen LogP contribution in [0.5, 0.6) is 5.75 Å². The Kier molecular flexibility index (Phi) is 4.42. The Hall–Kier alpha value is -2.57. The molecule has 1 aliphatic rings. The summed E-state index contributed by atoms with van der Waals surface area (Å²) in [7, 11) is 1.57. The number of urea groups is 1. The van der Waals surface area contributed by atoms with Crippen molar-refractivity contribution in [1.29, 1.82) is 0 Å². The van der Waals surface area contributed by atoms with Crippen LogP contribution in [0.2, 0.25) is 0 Å². The molecule has 1 saturated heterocycles. The minimum absolute atomic E-state index is 0.215. The van der Waals surface area contributed by atoms with Gasteiger partial charge in [0.15, 0.2) is 0 Å². The van der Waals surface area contributed by atoms with Crippen LogP contribution in [0.25, 0.3) is 0 Å². The molecular formula is C14H16N2O5. The van der Waals surface area contributed by atoms with Gasteiger partial charge in [-0.3, -0.25) is 14.5 Å². The number of carbonyl (C=O) groups excluding carboxylic acids is 2. The van der Waals surface area contributed by atoms with Gasteiger partial charge in [-0.15, -0.1) is 0 Å². The highest BCUT2D eigenvalue weighted by Gasteiger charge is 2.38. The van der Waals surface area contributed by atoms with Gasteiger partial charge in [-0.1, -0.05) is 12.1 Å². The molecule has 0 aromatic heterocycles. The molecule has 0 radical (unpaired) electrons. The van der Waals surface area contributed by atoms with Crippen LogP contribution in [0, 0.1) is 0 Å². The lowest BCUT2D eigenvalue weighted by molar-refractivity contribution is -0.140. The molecule has 1 aromatic carbocycles. The predicted octanol–water partition coefficient (Wildman–Crippen LogP) is 0.633. The van der Waals surface area contributed by atoms with E-state index in [-0.39, 0.29) is 6.54 Å². The molecule has 2 rings (SSSR count). The molecule has 7 heteroatoms. The molecule has 112 valence electrons. The number of aliphatic carboxylic acids is 1. The number of methoxy groups -OCH3 is 1. The van der Waals surface area contributed by atoms with Gasteiger partial charge in [-0.05, 0) is 24.1 Å². The first-order valence-corrected chi connectivity index (χ1v) is 6.48. The van der Waals surface area contributed by atoms with E-state index in [0.717, 1.165) is 16.2 Å². The summed E-state index contributed by atoms with van der Waals surface area (Å²) < 4.78 is 5.05. The summed E-state index contributed by atoms with van der Waals surface area (Å²) in [6.45, 7) is 0.215. The Morgan fingerprint density at radius 1 is 1.33 bits per heavy atom. The zero-order chi connectivity index (χ0) is 15.4. The smallest absolute Gasteiger partial charge is 0.324 e. The maximum absolute atomic E-state index is 11.9. The lowest BCUT2D eigenvalue weighted by atomic mass is 10.1. The summed E-state index contributed by atoms with van der Waals surface area (Å²) in [5.41, 5.74) is 0.957. The van der Waals surface area contributed by atoms with Crippen LogP contribution in [0.3, 0.4) is 0 Å². The fourth-order valence-electron chi connectivity index (χ4n) is 2.13. The van der Waals surface area contributed by atoms with Crippen molar-refractivity contribution in [1.82, 2.24) is 10.2 Å². The van der Waals surface area contributed by atoms with Crippen molar-refractivity contribution in [2.45, 2.75) is 18.9 Å².